The molecule has 4 rings (SSSR count). The third-order valence-corrected chi connectivity index (χ3v) is 12.8. The second kappa shape index (κ2) is 22.2. The van der Waals surface area contributed by atoms with E-state index in [0.717, 1.165) is 40.0 Å². The number of alkyl carbamates (subject to hydrolysis) is 1. The predicted octanol–water partition coefficient (Wildman–Crippen LogP) is 8.24. The molecule has 0 spiro atoms. The Morgan fingerprint density at radius 1 is 0.817 bits per heavy atom. The van der Waals surface area contributed by atoms with E-state index in [1.54, 1.807) is 32.5 Å². The Kier molecular flexibility index (Phi) is 17.8. The monoisotopic (exact) mass is 859 g/mol. The number of ether oxygens (including phenoxy) is 1. The van der Waals surface area contributed by atoms with Crippen LogP contribution in [0.1, 0.15) is 82.6 Å². The quantitative estimate of drug-likeness (QED) is 0.0378. The molecule has 60 heavy (non-hydrogen) atoms. The lowest BCUT2D eigenvalue weighted by Gasteiger charge is -2.41. The molecule has 0 radical (unpaired) electrons. The molecule has 3 atom stereocenters. The van der Waals surface area contributed by atoms with E-state index in [2.05, 4.69) is 47.0 Å². The number of hydrogen-bond donors (Lipinski definition) is 3. The minimum atomic E-state index is -3.73. The number of carbonyl (C=O) groups is 3. The van der Waals surface area contributed by atoms with E-state index < -0.39 is 62.0 Å². The molecule has 4 aromatic carbocycles. The van der Waals surface area contributed by atoms with Crippen LogP contribution in [0.3, 0.4) is 0 Å². The number of benzene rings is 4. The summed E-state index contributed by atoms with van der Waals surface area (Å²) < 4.78 is 30.4. The fourth-order valence-electron chi connectivity index (χ4n) is 6.72. The summed E-state index contributed by atoms with van der Waals surface area (Å²) >= 11 is 1.55. The lowest BCUT2D eigenvalue weighted by Crippen LogP contribution is -2.68. The summed E-state index contributed by atoms with van der Waals surface area (Å²) in [5.41, 5.74) is 0.619. The fourth-order valence-corrected chi connectivity index (χ4v) is 8.94. The van der Waals surface area contributed by atoms with Gasteiger partial charge in [0.25, 0.3) is 0 Å². The first kappa shape index (κ1) is 48.0. The summed E-state index contributed by atoms with van der Waals surface area (Å²) in [5.74, 6) is -2.27. The van der Waals surface area contributed by atoms with Crippen LogP contribution in [0.5, 0.6) is 0 Å². The number of aliphatic carboxylic acids is 1. The van der Waals surface area contributed by atoms with Crippen molar-refractivity contribution in [2.45, 2.75) is 88.8 Å². The van der Waals surface area contributed by atoms with Crippen molar-refractivity contribution in [3.63, 3.8) is 0 Å². The van der Waals surface area contributed by atoms with E-state index in [4.69, 9.17) is 9.57 Å². The number of rotatable bonds is 23. The number of nitrogens with zero attached hydrogens (tertiary/aromatic N) is 1. The van der Waals surface area contributed by atoms with Gasteiger partial charge in [-0.2, -0.15) is 5.06 Å². The van der Waals surface area contributed by atoms with Crippen LogP contribution in [0, 0.1) is 5.92 Å². The molecule has 0 bridgehead atoms. The van der Waals surface area contributed by atoms with Crippen molar-refractivity contribution in [2.75, 3.05) is 30.9 Å². The average molecular weight is 860 g/mol. The first-order valence-corrected chi connectivity index (χ1v) is 23.5. The highest BCUT2D eigenvalue weighted by Gasteiger charge is 2.49. The number of hydrogen-bond acceptors (Lipinski definition) is 9. The minimum absolute atomic E-state index is 0.0187. The van der Waals surface area contributed by atoms with Gasteiger partial charge in [0, 0.05) is 31.4 Å². The van der Waals surface area contributed by atoms with Gasteiger partial charge in [0.1, 0.15) is 15.4 Å². The van der Waals surface area contributed by atoms with E-state index in [1.165, 1.54) is 0 Å². The smallest absolute Gasteiger partial charge is 0.407 e. The molecule has 11 nitrogen and oxygen atoms in total. The van der Waals surface area contributed by atoms with Gasteiger partial charge < -0.3 is 15.2 Å². The fraction of sp³-hybridized carbons (Fsp3) is 0.426. The molecule has 0 aromatic heterocycles. The van der Waals surface area contributed by atoms with Gasteiger partial charge >= 0.3 is 12.1 Å². The maximum absolute atomic E-state index is 14.3. The van der Waals surface area contributed by atoms with Gasteiger partial charge in [0.2, 0.25) is 11.6 Å². The van der Waals surface area contributed by atoms with Crippen LogP contribution < -0.4 is 10.6 Å². The summed E-state index contributed by atoms with van der Waals surface area (Å²) in [6.07, 6.45) is 1.32. The molecule has 324 valence electrons. The van der Waals surface area contributed by atoms with Crippen LogP contribution in [0.25, 0.3) is 0 Å². The highest BCUT2D eigenvalue weighted by Crippen LogP contribution is 2.48. The van der Waals surface area contributed by atoms with Gasteiger partial charge in [-0.3, -0.25) is 14.9 Å². The van der Waals surface area contributed by atoms with Gasteiger partial charge in [0.15, 0.2) is 0 Å². The van der Waals surface area contributed by atoms with Crippen molar-refractivity contribution in [1.82, 2.24) is 15.7 Å². The SMILES string of the molecule is CC[C@H](C)CCON(C(=O)CCc1ccccc1)[C@](CCS(C)(=O)=O)(NCC(CSC(c1ccccc1)(c1ccccc1)c1ccccc1)NC(=O)OC(C)(C)C)C(=O)O. The van der Waals surface area contributed by atoms with Crippen LogP contribution in [-0.4, -0.2) is 84.8 Å². The van der Waals surface area contributed by atoms with Crippen LogP contribution in [0.15, 0.2) is 121 Å². The van der Waals surface area contributed by atoms with Crippen LogP contribution in [0.4, 0.5) is 4.79 Å². The zero-order valence-corrected chi connectivity index (χ0v) is 37.3. The Hall–Kier alpha value is -4.69. The number of carbonyl (C=O) groups excluding carboxylic acids is 2. The molecule has 0 aliphatic heterocycles. The second-order valence-corrected chi connectivity index (χ2v) is 19.7. The van der Waals surface area contributed by atoms with Gasteiger partial charge in [-0.05, 0) is 61.8 Å². The van der Waals surface area contributed by atoms with Crippen molar-refractivity contribution in [3.8, 4) is 0 Å². The summed E-state index contributed by atoms with van der Waals surface area (Å²) in [6.45, 7) is 9.10. The van der Waals surface area contributed by atoms with Crippen molar-refractivity contribution in [1.29, 1.82) is 0 Å². The maximum Gasteiger partial charge on any atom is 0.407 e. The molecule has 0 fully saturated rings. The number of carboxylic acid groups (broad SMARTS) is 1. The molecular weight excluding hydrogens is 799 g/mol. The Morgan fingerprint density at radius 3 is 1.77 bits per heavy atom. The van der Waals surface area contributed by atoms with Crippen LogP contribution in [0.2, 0.25) is 0 Å². The normalized spacial score (nSPS) is 14.0. The van der Waals surface area contributed by atoms with Gasteiger partial charge in [-0.1, -0.05) is 142 Å². The highest BCUT2D eigenvalue weighted by atomic mass is 32.2. The van der Waals surface area contributed by atoms with E-state index in [9.17, 15) is 27.9 Å². The van der Waals surface area contributed by atoms with Crippen molar-refractivity contribution < 1.29 is 37.5 Å². The minimum Gasteiger partial charge on any atom is -0.478 e. The number of nitrogens with one attached hydrogen (secondary N) is 2. The zero-order valence-electron chi connectivity index (χ0n) is 35.6. The predicted molar refractivity (Wildman–Crippen MR) is 239 cm³/mol. The molecule has 0 saturated carbocycles. The zero-order chi connectivity index (χ0) is 43.8. The lowest BCUT2D eigenvalue weighted by molar-refractivity contribution is -0.236. The number of hydroxylamine groups is 2. The molecule has 13 heteroatoms. The van der Waals surface area contributed by atoms with E-state index in [-0.39, 0.29) is 31.2 Å². The average Bonchev–Trinajstić information content (AvgIpc) is 3.22. The maximum atomic E-state index is 14.3. The third kappa shape index (κ3) is 13.9. The molecule has 3 N–H and O–H groups in total. The Morgan fingerprint density at radius 2 is 1.32 bits per heavy atom. The first-order valence-electron chi connectivity index (χ1n) is 20.4. The third-order valence-electron chi connectivity index (χ3n) is 10.2. The summed E-state index contributed by atoms with van der Waals surface area (Å²) in [6, 6.07) is 38.5. The van der Waals surface area contributed by atoms with Crippen molar-refractivity contribution >= 4 is 39.6 Å². The number of sulfone groups is 1. The van der Waals surface area contributed by atoms with Crippen LogP contribution >= 0.6 is 11.8 Å². The first-order chi connectivity index (χ1) is 28.5. The Labute approximate surface area is 360 Å². The van der Waals surface area contributed by atoms with E-state index in [1.807, 2.05) is 98.8 Å². The molecule has 0 heterocycles. The molecule has 0 aliphatic carbocycles. The van der Waals surface area contributed by atoms with E-state index >= 15 is 0 Å². The van der Waals surface area contributed by atoms with E-state index in [0.29, 0.717) is 12.8 Å². The molecule has 2 amide bonds. The standard InChI is InChI=1S/C47H61N3O8S2/c1-7-36(2)30-32-57-50(42(51)29-28-37-20-12-8-13-21-37)46(43(52)53,31-33-60(6,55)56)48-34-41(49-44(54)58-45(3,4)5)35-59-47(38-22-14-9-15-23-38,39-24-16-10-17-25-39)40-26-18-11-19-27-40/h8-27,36,41,48H,7,28-35H2,1-6H3,(H,49,54)(H,52,53)/t36-,41?,46-/m0/s1. The number of thioether (sulfide) groups is 1. The summed E-state index contributed by atoms with van der Waals surface area (Å²) in [5, 5.41) is 18.1. The molecular formula is C47H61N3O8S2. The number of amides is 2. The molecule has 0 aliphatic rings. The topological polar surface area (TPSA) is 151 Å². The van der Waals surface area contributed by atoms with Gasteiger partial charge in [-0.15, -0.1) is 11.8 Å². The lowest BCUT2D eigenvalue weighted by atomic mass is 9.84. The molecule has 1 unspecified atom stereocenters. The van der Waals surface area contributed by atoms with Crippen molar-refractivity contribution in [2.24, 2.45) is 5.92 Å². The number of carboxylic acids is 1. The number of aryl methyl sites for hydroxylation is 1. The van der Waals surface area contributed by atoms with Crippen LogP contribution in [-0.2, 0) is 40.2 Å². The van der Waals surface area contributed by atoms with Gasteiger partial charge in [-0.25, -0.2) is 18.0 Å². The Bertz CT molecular complexity index is 1950. The molecule has 4 aromatic rings. The summed E-state index contributed by atoms with van der Waals surface area (Å²) in [7, 11) is -3.73. The van der Waals surface area contributed by atoms with Gasteiger partial charge in [0.05, 0.1) is 23.1 Å². The molecule has 0 saturated heterocycles. The summed E-state index contributed by atoms with van der Waals surface area (Å²) in [4.78, 5) is 47.8. The Balaban J connectivity index is 1.81. The second-order valence-electron chi connectivity index (χ2n) is 16.2. The largest absolute Gasteiger partial charge is 0.478 e. The van der Waals surface area contributed by atoms with Crippen molar-refractivity contribution in [3.05, 3.63) is 144 Å². The highest BCUT2D eigenvalue weighted by molar-refractivity contribution is 8.00.